The van der Waals surface area contributed by atoms with Crippen LogP contribution in [0.1, 0.15) is 11.1 Å². The first kappa shape index (κ1) is 14.5. The monoisotopic (exact) mass is 384 g/mol. The molecule has 6 heteroatoms. The minimum atomic E-state index is 0.790. The van der Waals surface area contributed by atoms with Crippen molar-refractivity contribution in [1.29, 1.82) is 0 Å². The molecule has 2 heterocycles. The van der Waals surface area contributed by atoms with Crippen molar-refractivity contribution in [2.45, 2.75) is 12.1 Å². The molecule has 0 saturated carbocycles. The smallest absolute Gasteiger partial charge is 0.214 e. The van der Waals surface area contributed by atoms with Gasteiger partial charge in [0.05, 0.1) is 5.70 Å². The van der Waals surface area contributed by atoms with Crippen molar-refractivity contribution in [3.8, 4) is 11.4 Å². The quantitative estimate of drug-likeness (QED) is 0.697. The Morgan fingerprint density at radius 1 is 1.04 bits per heavy atom. The standard InChI is InChI=1S/C17H13BrN4S/c1-11-6-8-12(9-7-11)15-10-23-17-20-19-16(22(17)21-15)13-4-2-3-5-14(13)18/h2-10,21H,1H3. The van der Waals surface area contributed by atoms with Crippen molar-refractivity contribution in [3.63, 3.8) is 0 Å². The summed E-state index contributed by atoms with van der Waals surface area (Å²) in [5.41, 5.74) is 7.85. The number of halogens is 1. The lowest BCUT2D eigenvalue weighted by Gasteiger charge is -2.19. The number of nitrogens with zero attached hydrogens (tertiary/aromatic N) is 3. The molecule has 0 radical (unpaired) electrons. The minimum Gasteiger partial charge on any atom is -0.289 e. The lowest BCUT2D eigenvalue weighted by Crippen LogP contribution is -2.18. The summed E-state index contributed by atoms with van der Waals surface area (Å²) in [6.07, 6.45) is 0. The van der Waals surface area contributed by atoms with Crippen molar-refractivity contribution in [2.75, 3.05) is 5.43 Å². The minimum absolute atomic E-state index is 0.790. The van der Waals surface area contributed by atoms with Gasteiger partial charge in [0.15, 0.2) is 5.82 Å². The number of rotatable bonds is 2. The molecule has 0 atom stereocenters. The van der Waals surface area contributed by atoms with E-state index in [1.807, 2.05) is 28.9 Å². The molecule has 0 saturated heterocycles. The summed E-state index contributed by atoms with van der Waals surface area (Å²) < 4.78 is 2.92. The number of aromatic nitrogens is 3. The van der Waals surface area contributed by atoms with Gasteiger partial charge in [0.2, 0.25) is 5.16 Å². The molecular formula is C17H13BrN4S. The third kappa shape index (κ3) is 2.68. The molecule has 1 N–H and O–H groups in total. The molecule has 0 unspecified atom stereocenters. The van der Waals surface area contributed by atoms with Gasteiger partial charge in [-0.15, -0.1) is 10.2 Å². The van der Waals surface area contributed by atoms with Crippen LogP contribution in [0.4, 0.5) is 0 Å². The molecular weight excluding hydrogens is 372 g/mol. The van der Waals surface area contributed by atoms with Crippen molar-refractivity contribution in [2.24, 2.45) is 0 Å². The first-order valence-electron chi connectivity index (χ1n) is 7.13. The third-order valence-corrected chi connectivity index (χ3v) is 5.15. The van der Waals surface area contributed by atoms with Gasteiger partial charge >= 0.3 is 0 Å². The first-order chi connectivity index (χ1) is 11.2. The molecule has 114 valence electrons. The maximum Gasteiger partial charge on any atom is 0.214 e. The summed E-state index contributed by atoms with van der Waals surface area (Å²) in [4.78, 5) is 0. The fourth-order valence-electron chi connectivity index (χ4n) is 2.39. The topological polar surface area (TPSA) is 42.7 Å². The normalized spacial score (nSPS) is 13.2. The fraction of sp³-hybridized carbons (Fsp3) is 0.0588. The molecule has 3 aromatic rings. The van der Waals surface area contributed by atoms with Crippen LogP contribution in [-0.4, -0.2) is 14.9 Å². The Bertz CT molecular complexity index is 899. The highest BCUT2D eigenvalue weighted by atomic mass is 79.9. The van der Waals surface area contributed by atoms with Crippen LogP contribution in [0.5, 0.6) is 0 Å². The number of aryl methyl sites for hydroxylation is 1. The van der Waals surface area contributed by atoms with Gasteiger partial charge in [0.1, 0.15) is 0 Å². The zero-order valence-electron chi connectivity index (χ0n) is 12.3. The summed E-state index contributed by atoms with van der Waals surface area (Å²) in [5, 5.41) is 11.5. The molecule has 0 spiro atoms. The predicted octanol–water partition coefficient (Wildman–Crippen LogP) is 4.66. The second kappa shape index (κ2) is 5.86. The van der Waals surface area contributed by atoms with Crippen LogP contribution in [0.3, 0.4) is 0 Å². The van der Waals surface area contributed by atoms with Gasteiger partial charge in [0, 0.05) is 15.4 Å². The number of hydrogen-bond acceptors (Lipinski definition) is 4. The molecule has 4 nitrogen and oxygen atoms in total. The summed E-state index contributed by atoms with van der Waals surface area (Å²) >= 11 is 5.15. The summed E-state index contributed by atoms with van der Waals surface area (Å²) in [5.74, 6) is 0.790. The zero-order valence-corrected chi connectivity index (χ0v) is 14.7. The van der Waals surface area contributed by atoms with Crippen molar-refractivity contribution in [3.05, 3.63) is 69.5 Å². The van der Waals surface area contributed by atoms with E-state index in [4.69, 9.17) is 0 Å². The second-order valence-electron chi connectivity index (χ2n) is 5.25. The first-order valence-corrected chi connectivity index (χ1v) is 8.81. The van der Waals surface area contributed by atoms with Gasteiger partial charge in [-0.2, -0.15) is 0 Å². The Labute approximate surface area is 146 Å². The Morgan fingerprint density at radius 3 is 2.61 bits per heavy atom. The second-order valence-corrected chi connectivity index (χ2v) is 6.94. The van der Waals surface area contributed by atoms with E-state index in [2.05, 4.69) is 68.2 Å². The molecule has 0 aliphatic carbocycles. The van der Waals surface area contributed by atoms with E-state index in [0.29, 0.717) is 0 Å². The number of fused-ring (bicyclic) bond motifs is 1. The molecule has 4 rings (SSSR count). The summed E-state index contributed by atoms with van der Waals surface area (Å²) in [6, 6.07) is 16.5. The summed E-state index contributed by atoms with van der Waals surface area (Å²) in [6.45, 7) is 2.09. The molecule has 1 aliphatic rings. The van der Waals surface area contributed by atoms with E-state index in [1.54, 1.807) is 11.8 Å². The molecule has 0 fully saturated rings. The van der Waals surface area contributed by atoms with Crippen molar-refractivity contribution < 1.29 is 0 Å². The lowest BCUT2D eigenvalue weighted by molar-refractivity contribution is 0.826. The highest BCUT2D eigenvalue weighted by Gasteiger charge is 2.20. The van der Waals surface area contributed by atoms with Gasteiger partial charge in [-0.3, -0.25) is 5.43 Å². The van der Waals surface area contributed by atoms with Crippen LogP contribution >= 0.6 is 27.7 Å². The number of benzene rings is 2. The maximum absolute atomic E-state index is 4.34. The van der Waals surface area contributed by atoms with E-state index in [-0.39, 0.29) is 0 Å². The van der Waals surface area contributed by atoms with Gasteiger partial charge in [-0.05, 0) is 24.6 Å². The van der Waals surface area contributed by atoms with E-state index >= 15 is 0 Å². The van der Waals surface area contributed by atoms with Gasteiger partial charge < -0.3 is 0 Å². The highest BCUT2D eigenvalue weighted by molar-refractivity contribution is 9.10. The van der Waals surface area contributed by atoms with Crippen LogP contribution in [0, 0.1) is 6.92 Å². The molecule has 23 heavy (non-hydrogen) atoms. The molecule has 2 aromatic carbocycles. The Kier molecular flexibility index (Phi) is 3.71. The predicted molar refractivity (Wildman–Crippen MR) is 97.5 cm³/mol. The number of thioether (sulfide) groups is 1. The van der Waals surface area contributed by atoms with Crippen LogP contribution < -0.4 is 5.43 Å². The Morgan fingerprint density at radius 2 is 1.83 bits per heavy atom. The van der Waals surface area contributed by atoms with Crippen molar-refractivity contribution in [1.82, 2.24) is 14.9 Å². The summed E-state index contributed by atoms with van der Waals surface area (Å²) in [7, 11) is 0. The zero-order chi connectivity index (χ0) is 15.8. The van der Waals surface area contributed by atoms with E-state index < -0.39 is 0 Å². The van der Waals surface area contributed by atoms with Gasteiger partial charge in [0.25, 0.3) is 0 Å². The number of nitrogens with one attached hydrogen (secondary N) is 1. The van der Waals surface area contributed by atoms with Crippen LogP contribution in [0.15, 0.2) is 63.6 Å². The largest absolute Gasteiger partial charge is 0.289 e. The van der Waals surface area contributed by atoms with Gasteiger partial charge in [-0.25, -0.2) is 4.68 Å². The third-order valence-electron chi connectivity index (χ3n) is 3.63. The Hall–Kier alpha value is -2.05. The fourth-order valence-corrected chi connectivity index (χ4v) is 3.59. The average Bonchev–Trinajstić information content (AvgIpc) is 2.99. The molecule has 1 aromatic heterocycles. The maximum atomic E-state index is 4.34. The Balaban J connectivity index is 1.73. The van der Waals surface area contributed by atoms with E-state index in [0.717, 1.165) is 32.3 Å². The highest BCUT2D eigenvalue weighted by Crippen LogP contribution is 2.33. The molecule has 0 bridgehead atoms. The SMILES string of the molecule is Cc1ccc(C2=CSc3nnc(-c4ccccc4Br)n3N2)cc1. The van der Waals surface area contributed by atoms with Crippen LogP contribution in [0.2, 0.25) is 0 Å². The molecule has 1 aliphatic heterocycles. The van der Waals surface area contributed by atoms with Crippen molar-refractivity contribution >= 4 is 33.4 Å². The lowest BCUT2D eigenvalue weighted by atomic mass is 10.1. The van der Waals surface area contributed by atoms with E-state index in [1.165, 1.54) is 5.56 Å². The van der Waals surface area contributed by atoms with Crippen LogP contribution in [-0.2, 0) is 0 Å². The van der Waals surface area contributed by atoms with Crippen LogP contribution in [0.25, 0.3) is 17.1 Å². The molecule has 0 amide bonds. The van der Waals surface area contributed by atoms with Gasteiger partial charge in [-0.1, -0.05) is 69.7 Å². The number of hydrogen-bond donors (Lipinski definition) is 1. The average molecular weight is 385 g/mol. The van der Waals surface area contributed by atoms with E-state index in [9.17, 15) is 0 Å².